The third-order valence-electron chi connectivity index (χ3n) is 3.85. The van der Waals surface area contributed by atoms with Crippen LogP contribution in [0.4, 0.5) is 0 Å². The molecule has 8 nitrogen and oxygen atoms in total. The molecule has 0 radical (unpaired) electrons. The number of carbonyl (C=O) groups is 1. The molecule has 0 spiro atoms. The third-order valence-corrected chi connectivity index (χ3v) is 5.60. The van der Waals surface area contributed by atoms with E-state index in [2.05, 4.69) is 5.32 Å². The van der Waals surface area contributed by atoms with Gasteiger partial charge in [0.25, 0.3) is 5.91 Å². The average molecular weight is 373 g/mol. The second-order valence-electron chi connectivity index (χ2n) is 5.75. The van der Waals surface area contributed by atoms with E-state index in [0.717, 1.165) is 0 Å². The predicted octanol–water partition coefficient (Wildman–Crippen LogP) is 0.0722. The minimum atomic E-state index is -3.06. The number of nitrogens with one attached hydrogen (secondary N) is 1. The first kappa shape index (κ1) is 21.4. The van der Waals surface area contributed by atoms with Crippen LogP contribution in [0, 0.1) is 11.3 Å². The van der Waals surface area contributed by atoms with E-state index in [0.29, 0.717) is 45.8 Å². The second kappa shape index (κ2) is 11.1. The lowest BCUT2D eigenvalue weighted by Gasteiger charge is -2.26. The fourth-order valence-electron chi connectivity index (χ4n) is 2.51. The number of nitrogens with zero attached hydrogens (tertiary/aromatic N) is 2. The zero-order valence-corrected chi connectivity index (χ0v) is 15.7. The van der Waals surface area contributed by atoms with Gasteiger partial charge in [0.05, 0.1) is 18.1 Å². The molecule has 0 aromatic rings. The van der Waals surface area contributed by atoms with Gasteiger partial charge < -0.3 is 19.7 Å². The Bertz CT molecular complexity index is 597. The fourth-order valence-corrected chi connectivity index (χ4v) is 4.25. The van der Waals surface area contributed by atoms with E-state index < -0.39 is 15.7 Å². The van der Waals surface area contributed by atoms with Crippen LogP contribution in [0.5, 0.6) is 0 Å². The molecule has 1 N–H and O–H groups in total. The first-order chi connectivity index (χ1) is 11.9. The van der Waals surface area contributed by atoms with Crippen molar-refractivity contribution in [1.82, 2.24) is 10.2 Å². The number of methoxy groups -OCH3 is 1. The van der Waals surface area contributed by atoms with Crippen LogP contribution in [0.3, 0.4) is 0 Å². The monoisotopic (exact) mass is 373 g/mol. The molecule has 1 amide bonds. The molecule has 1 rings (SSSR count). The van der Waals surface area contributed by atoms with E-state index in [4.69, 9.17) is 9.47 Å². The molecule has 9 heteroatoms. The number of hydrogen-bond acceptors (Lipinski definition) is 7. The highest BCUT2D eigenvalue weighted by Crippen LogP contribution is 2.18. The van der Waals surface area contributed by atoms with Crippen molar-refractivity contribution in [3.8, 4) is 6.07 Å². The molecule has 1 atom stereocenters. The SMILES string of the molecule is CCOCCCNC(=O)/C(C#N)=C\N(CCOC)C1CCS(=O)(=O)C1. The largest absolute Gasteiger partial charge is 0.383 e. The van der Waals surface area contributed by atoms with Crippen molar-refractivity contribution in [2.75, 3.05) is 51.5 Å². The van der Waals surface area contributed by atoms with Crippen LogP contribution < -0.4 is 5.32 Å². The van der Waals surface area contributed by atoms with Crippen LogP contribution in [0.25, 0.3) is 0 Å². The highest BCUT2D eigenvalue weighted by atomic mass is 32.2. The van der Waals surface area contributed by atoms with Gasteiger partial charge in [-0.15, -0.1) is 0 Å². The van der Waals surface area contributed by atoms with Gasteiger partial charge in [-0.25, -0.2) is 8.42 Å². The molecule has 0 bridgehead atoms. The third kappa shape index (κ3) is 7.86. The standard InChI is InChI=1S/C16H27N3O5S/c1-3-24-8-4-6-18-16(20)14(11-17)12-19(7-9-23-2)15-5-10-25(21,22)13-15/h12,15H,3-10,13H2,1-2H3,(H,18,20)/b14-12-. The fraction of sp³-hybridized carbons (Fsp3) is 0.750. The number of amides is 1. The Morgan fingerprint density at radius 3 is 2.76 bits per heavy atom. The Morgan fingerprint density at radius 2 is 2.20 bits per heavy atom. The van der Waals surface area contributed by atoms with Crippen LogP contribution in [-0.2, 0) is 24.1 Å². The second-order valence-corrected chi connectivity index (χ2v) is 7.98. The van der Waals surface area contributed by atoms with Gasteiger partial charge in [-0.3, -0.25) is 4.79 Å². The van der Waals surface area contributed by atoms with E-state index >= 15 is 0 Å². The highest BCUT2D eigenvalue weighted by molar-refractivity contribution is 7.91. The molecule has 1 fully saturated rings. The van der Waals surface area contributed by atoms with Gasteiger partial charge in [-0.1, -0.05) is 0 Å². The van der Waals surface area contributed by atoms with Crippen molar-refractivity contribution in [3.63, 3.8) is 0 Å². The summed E-state index contributed by atoms with van der Waals surface area (Å²) in [5.74, 6) is -0.315. The van der Waals surface area contributed by atoms with Crippen LogP contribution in [0.15, 0.2) is 11.8 Å². The van der Waals surface area contributed by atoms with Crippen LogP contribution >= 0.6 is 0 Å². The van der Waals surface area contributed by atoms with Gasteiger partial charge in [0, 0.05) is 45.7 Å². The maximum atomic E-state index is 12.1. The zero-order chi connectivity index (χ0) is 18.7. The molecule has 25 heavy (non-hydrogen) atoms. The lowest BCUT2D eigenvalue weighted by Crippen LogP contribution is -2.36. The summed E-state index contributed by atoms with van der Waals surface area (Å²) in [5, 5.41) is 12.0. The van der Waals surface area contributed by atoms with Crippen molar-refractivity contribution in [2.24, 2.45) is 0 Å². The Hall–Kier alpha value is -1.63. The predicted molar refractivity (Wildman–Crippen MR) is 93.5 cm³/mol. The van der Waals surface area contributed by atoms with E-state index in [1.54, 1.807) is 12.0 Å². The van der Waals surface area contributed by atoms with Crippen molar-refractivity contribution in [1.29, 1.82) is 5.26 Å². The van der Waals surface area contributed by atoms with E-state index in [1.807, 2.05) is 13.0 Å². The summed E-state index contributed by atoms with van der Waals surface area (Å²) >= 11 is 0. The molecule has 0 aromatic heterocycles. The smallest absolute Gasteiger partial charge is 0.263 e. The lowest BCUT2D eigenvalue weighted by atomic mass is 10.2. The topological polar surface area (TPSA) is 109 Å². The number of hydrogen-bond donors (Lipinski definition) is 1. The van der Waals surface area contributed by atoms with Gasteiger partial charge in [0.2, 0.25) is 0 Å². The minimum Gasteiger partial charge on any atom is -0.383 e. The van der Waals surface area contributed by atoms with Gasteiger partial charge in [0.1, 0.15) is 11.6 Å². The molecule has 142 valence electrons. The summed E-state index contributed by atoms with van der Waals surface area (Å²) in [7, 11) is -1.52. The molecular weight excluding hydrogens is 346 g/mol. The maximum Gasteiger partial charge on any atom is 0.263 e. The van der Waals surface area contributed by atoms with Crippen molar-refractivity contribution in [2.45, 2.75) is 25.8 Å². The quantitative estimate of drug-likeness (QED) is 0.310. The number of carbonyl (C=O) groups excluding carboxylic acids is 1. The Kier molecular flexibility index (Phi) is 9.49. The van der Waals surface area contributed by atoms with Crippen LogP contribution in [0.1, 0.15) is 19.8 Å². The Balaban J connectivity index is 2.71. The zero-order valence-electron chi connectivity index (χ0n) is 14.9. The first-order valence-corrected chi connectivity index (χ1v) is 10.2. The van der Waals surface area contributed by atoms with Gasteiger partial charge >= 0.3 is 0 Å². The molecular formula is C16H27N3O5S. The first-order valence-electron chi connectivity index (χ1n) is 8.36. The van der Waals surface area contributed by atoms with Gasteiger partial charge in [0.15, 0.2) is 9.84 Å². The van der Waals surface area contributed by atoms with Crippen molar-refractivity contribution >= 4 is 15.7 Å². The van der Waals surface area contributed by atoms with E-state index in [1.165, 1.54) is 6.20 Å². The number of sulfone groups is 1. The van der Waals surface area contributed by atoms with Crippen molar-refractivity contribution in [3.05, 3.63) is 11.8 Å². The van der Waals surface area contributed by atoms with Gasteiger partial charge in [-0.05, 0) is 19.8 Å². The number of rotatable bonds is 11. The molecule has 1 saturated heterocycles. The number of ether oxygens (including phenoxy) is 2. The summed E-state index contributed by atoms with van der Waals surface area (Å²) in [4.78, 5) is 13.9. The summed E-state index contributed by atoms with van der Waals surface area (Å²) in [6, 6.07) is 1.65. The molecule has 1 heterocycles. The number of nitriles is 1. The summed E-state index contributed by atoms with van der Waals surface area (Å²) in [6.45, 7) is 4.26. The lowest BCUT2D eigenvalue weighted by molar-refractivity contribution is -0.117. The summed E-state index contributed by atoms with van der Waals surface area (Å²) in [5.41, 5.74) is -0.0446. The Labute approximate surface area is 149 Å². The Morgan fingerprint density at radius 1 is 1.44 bits per heavy atom. The minimum absolute atomic E-state index is 0.0297. The molecule has 1 aliphatic heterocycles. The molecule has 0 aliphatic carbocycles. The van der Waals surface area contributed by atoms with Gasteiger partial charge in [-0.2, -0.15) is 5.26 Å². The van der Waals surface area contributed by atoms with Crippen LogP contribution in [0.2, 0.25) is 0 Å². The van der Waals surface area contributed by atoms with Crippen LogP contribution in [-0.4, -0.2) is 76.8 Å². The summed E-state index contributed by atoms with van der Waals surface area (Å²) in [6.07, 6.45) is 2.59. The molecule has 1 unspecified atom stereocenters. The highest BCUT2D eigenvalue weighted by Gasteiger charge is 2.31. The molecule has 0 aromatic carbocycles. The van der Waals surface area contributed by atoms with E-state index in [-0.39, 0.29) is 23.1 Å². The average Bonchev–Trinajstić information content (AvgIpc) is 2.94. The maximum absolute atomic E-state index is 12.1. The molecule has 0 saturated carbocycles. The molecule has 1 aliphatic rings. The van der Waals surface area contributed by atoms with Crippen molar-refractivity contribution < 1.29 is 22.7 Å². The summed E-state index contributed by atoms with van der Waals surface area (Å²) < 4.78 is 33.6. The normalized spacial score (nSPS) is 19.4. The van der Waals surface area contributed by atoms with E-state index in [9.17, 15) is 18.5 Å².